The minimum Gasteiger partial charge on any atom is -0.212 e. The van der Waals surface area contributed by atoms with E-state index in [1.54, 1.807) is 24.3 Å². The van der Waals surface area contributed by atoms with Crippen LogP contribution in [0.4, 0.5) is 0 Å². The van der Waals surface area contributed by atoms with Gasteiger partial charge in [-0.25, -0.2) is 13.1 Å². The first-order valence-corrected chi connectivity index (χ1v) is 7.89. The van der Waals surface area contributed by atoms with Gasteiger partial charge < -0.3 is 0 Å². The maximum absolute atomic E-state index is 12.1. The van der Waals surface area contributed by atoms with E-state index in [9.17, 15) is 8.42 Å². The van der Waals surface area contributed by atoms with Crippen molar-refractivity contribution < 1.29 is 8.42 Å². The summed E-state index contributed by atoms with van der Waals surface area (Å²) in [5.41, 5.74) is 0.959. The number of sulfonamides is 1. The van der Waals surface area contributed by atoms with Gasteiger partial charge in [-0.3, -0.25) is 0 Å². The van der Waals surface area contributed by atoms with Gasteiger partial charge in [-0.05, 0) is 30.9 Å². The molecule has 4 nitrogen and oxygen atoms in total. The lowest BCUT2D eigenvalue weighted by Gasteiger charge is -2.19. The molecule has 0 saturated carbocycles. The minimum atomic E-state index is -3.40. The van der Waals surface area contributed by atoms with Gasteiger partial charge in [-0.1, -0.05) is 30.4 Å². The monoisotopic (exact) mass is 276 g/mol. The van der Waals surface area contributed by atoms with Crippen LogP contribution in [0.5, 0.6) is 0 Å². The average molecular weight is 276 g/mol. The second kappa shape index (κ2) is 6.00. The van der Waals surface area contributed by atoms with E-state index in [0.29, 0.717) is 11.1 Å². The maximum Gasteiger partial charge on any atom is 0.216 e. The summed E-state index contributed by atoms with van der Waals surface area (Å²) in [6.07, 6.45) is 6.53. The minimum absolute atomic E-state index is 0.0238. The van der Waals surface area contributed by atoms with Crippen LogP contribution in [0.25, 0.3) is 0 Å². The summed E-state index contributed by atoms with van der Waals surface area (Å²) in [7, 11) is -3.40. The molecule has 0 bridgehead atoms. The summed E-state index contributed by atoms with van der Waals surface area (Å²) in [6, 6.07) is 8.78. The molecule has 1 aromatic rings. The summed E-state index contributed by atoms with van der Waals surface area (Å²) in [5.74, 6) is -0.142. The van der Waals surface area contributed by atoms with E-state index < -0.39 is 10.0 Å². The standard InChI is InChI=1S/C14H16N2O2S/c15-10-12-6-4-5-7-13(12)11-19(17,18)16-14-8-2-1-3-9-14/h1-2,4-7,14,16H,3,8-9,11H2. The Labute approximate surface area is 113 Å². The molecule has 0 spiro atoms. The fourth-order valence-corrected chi connectivity index (χ4v) is 3.62. The lowest BCUT2D eigenvalue weighted by Crippen LogP contribution is -2.36. The molecule has 100 valence electrons. The molecule has 1 aliphatic carbocycles. The van der Waals surface area contributed by atoms with E-state index in [1.165, 1.54) is 0 Å². The molecule has 0 fully saturated rings. The van der Waals surface area contributed by atoms with Gasteiger partial charge in [0.05, 0.1) is 17.4 Å². The molecule has 0 aromatic heterocycles. The molecule has 1 aliphatic rings. The highest BCUT2D eigenvalue weighted by Crippen LogP contribution is 2.15. The molecule has 1 N–H and O–H groups in total. The van der Waals surface area contributed by atoms with E-state index in [-0.39, 0.29) is 11.8 Å². The lowest BCUT2D eigenvalue weighted by atomic mass is 10.0. The summed E-state index contributed by atoms with van der Waals surface area (Å²) in [4.78, 5) is 0. The third-order valence-corrected chi connectivity index (χ3v) is 4.48. The average Bonchev–Trinajstić information content (AvgIpc) is 2.39. The van der Waals surface area contributed by atoms with E-state index in [4.69, 9.17) is 5.26 Å². The van der Waals surface area contributed by atoms with Crippen LogP contribution >= 0.6 is 0 Å². The zero-order valence-corrected chi connectivity index (χ0v) is 11.4. The highest BCUT2D eigenvalue weighted by molar-refractivity contribution is 7.88. The van der Waals surface area contributed by atoms with Crippen LogP contribution in [-0.2, 0) is 15.8 Å². The number of nitriles is 1. The zero-order chi connectivity index (χ0) is 13.7. The van der Waals surface area contributed by atoms with Gasteiger partial charge in [0.15, 0.2) is 0 Å². The van der Waals surface area contributed by atoms with Crippen LogP contribution in [-0.4, -0.2) is 14.5 Å². The number of benzene rings is 1. The van der Waals surface area contributed by atoms with Gasteiger partial charge in [0.25, 0.3) is 0 Å². The molecule has 0 amide bonds. The van der Waals surface area contributed by atoms with Crippen molar-refractivity contribution in [1.29, 1.82) is 5.26 Å². The topological polar surface area (TPSA) is 70.0 Å². The molecule has 0 aliphatic heterocycles. The van der Waals surface area contributed by atoms with Crippen LogP contribution in [0.1, 0.15) is 30.4 Å². The molecule has 5 heteroatoms. The SMILES string of the molecule is N#Cc1ccccc1CS(=O)(=O)NC1CC=CCC1. The van der Waals surface area contributed by atoms with Crippen molar-refractivity contribution in [3.8, 4) is 6.07 Å². The Morgan fingerprint density at radius 2 is 2.11 bits per heavy atom. The quantitative estimate of drug-likeness (QED) is 0.856. The highest BCUT2D eigenvalue weighted by atomic mass is 32.2. The lowest BCUT2D eigenvalue weighted by molar-refractivity contribution is 0.522. The van der Waals surface area contributed by atoms with Crippen molar-refractivity contribution >= 4 is 10.0 Å². The van der Waals surface area contributed by atoms with Crippen molar-refractivity contribution in [3.05, 3.63) is 47.5 Å². The fourth-order valence-electron chi connectivity index (χ4n) is 2.16. The molecule has 1 unspecified atom stereocenters. The van der Waals surface area contributed by atoms with Crippen molar-refractivity contribution in [2.24, 2.45) is 0 Å². The Morgan fingerprint density at radius 1 is 1.32 bits per heavy atom. The molecule has 1 aromatic carbocycles. The number of allylic oxidation sites excluding steroid dienone is 1. The molecule has 1 atom stereocenters. The zero-order valence-electron chi connectivity index (χ0n) is 10.5. The van der Waals surface area contributed by atoms with E-state index in [0.717, 1.165) is 19.3 Å². The second-order valence-electron chi connectivity index (χ2n) is 4.63. The Morgan fingerprint density at radius 3 is 2.79 bits per heavy atom. The van der Waals surface area contributed by atoms with Crippen molar-refractivity contribution in [2.45, 2.75) is 31.1 Å². The first-order valence-electron chi connectivity index (χ1n) is 6.24. The third kappa shape index (κ3) is 3.91. The van der Waals surface area contributed by atoms with Crippen LogP contribution < -0.4 is 4.72 Å². The molecule has 0 radical (unpaired) electrons. The van der Waals surface area contributed by atoms with E-state index in [1.807, 2.05) is 12.1 Å². The van der Waals surface area contributed by atoms with Crippen molar-refractivity contribution in [2.75, 3.05) is 0 Å². The van der Waals surface area contributed by atoms with Crippen LogP contribution in [0.3, 0.4) is 0 Å². The van der Waals surface area contributed by atoms with Gasteiger partial charge in [-0.2, -0.15) is 5.26 Å². The maximum atomic E-state index is 12.1. The third-order valence-electron chi connectivity index (χ3n) is 3.10. The van der Waals surface area contributed by atoms with Crippen molar-refractivity contribution in [3.63, 3.8) is 0 Å². The highest BCUT2D eigenvalue weighted by Gasteiger charge is 2.19. The summed E-state index contributed by atoms with van der Waals surface area (Å²) in [6.45, 7) is 0. The Hall–Kier alpha value is -1.64. The fraction of sp³-hybridized carbons (Fsp3) is 0.357. The Bertz CT molecular complexity index is 615. The molecule has 0 heterocycles. The first kappa shape index (κ1) is 13.8. The Kier molecular flexibility index (Phi) is 4.35. The number of rotatable bonds is 4. The van der Waals surface area contributed by atoms with Crippen molar-refractivity contribution in [1.82, 2.24) is 4.72 Å². The predicted octanol–water partition coefficient (Wildman–Crippen LogP) is 2.09. The van der Waals surface area contributed by atoms with Crippen LogP contribution in [0.2, 0.25) is 0 Å². The molecule has 2 rings (SSSR count). The van der Waals surface area contributed by atoms with Crippen LogP contribution in [0, 0.1) is 11.3 Å². The predicted molar refractivity (Wildman–Crippen MR) is 73.7 cm³/mol. The number of hydrogen-bond acceptors (Lipinski definition) is 3. The summed E-state index contributed by atoms with van der Waals surface area (Å²) in [5, 5.41) is 8.96. The largest absolute Gasteiger partial charge is 0.216 e. The van der Waals surface area contributed by atoms with E-state index >= 15 is 0 Å². The summed E-state index contributed by atoms with van der Waals surface area (Å²) < 4.78 is 26.9. The molecule has 19 heavy (non-hydrogen) atoms. The van der Waals surface area contributed by atoms with Gasteiger partial charge >= 0.3 is 0 Å². The second-order valence-corrected chi connectivity index (χ2v) is 6.38. The number of nitrogens with zero attached hydrogens (tertiary/aromatic N) is 1. The molecular formula is C14H16N2O2S. The van der Waals surface area contributed by atoms with Crippen LogP contribution in [0.15, 0.2) is 36.4 Å². The Balaban J connectivity index is 2.08. The van der Waals surface area contributed by atoms with Gasteiger partial charge in [0.1, 0.15) is 0 Å². The number of hydrogen-bond donors (Lipinski definition) is 1. The van der Waals surface area contributed by atoms with Gasteiger partial charge in [0, 0.05) is 6.04 Å². The smallest absolute Gasteiger partial charge is 0.212 e. The molecule has 0 saturated heterocycles. The summed E-state index contributed by atoms with van der Waals surface area (Å²) >= 11 is 0. The molecular weight excluding hydrogens is 260 g/mol. The van der Waals surface area contributed by atoms with Gasteiger partial charge in [-0.15, -0.1) is 0 Å². The van der Waals surface area contributed by atoms with E-state index in [2.05, 4.69) is 10.8 Å². The normalized spacial score (nSPS) is 19.0. The first-order chi connectivity index (χ1) is 9.11. The van der Waals surface area contributed by atoms with Gasteiger partial charge in [0.2, 0.25) is 10.0 Å². The number of nitrogens with one attached hydrogen (secondary N) is 1.